The Morgan fingerprint density at radius 3 is 2.53 bits per heavy atom. The van der Waals surface area contributed by atoms with Crippen molar-refractivity contribution >= 4 is 44.8 Å². The van der Waals surface area contributed by atoms with Crippen molar-refractivity contribution in [3.05, 3.63) is 70.0 Å². The van der Waals surface area contributed by atoms with Gasteiger partial charge in [-0.1, -0.05) is 25.3 Å². The van der Waals surface area contributed by atoms with Gasteiger partial charge >= 0.3 is 0 Å². The van der Waals surface area contributed by atoms with Crippen LogP contribution in [0, 0.1) is 6.92 Å². The number of hydrogen-bond acceptors (Lipinski definition) is 6. The van der Waals surface area contributed by atoms with Crippen molar-refractivity contribution < 1.29 is 22.7 Å². The van der Waals surface area contributed by atoms with Crippen LogP contribution in [0.2, 0.25) is 0 Å². The molecule has 1 aliphatic carbocycles. The normalized spacial score (nSPS) is 15.4. The first-order chi connectivity index (χ1) is 21.6. The van der Waals surface area contributed by atoms with Crippen LogP contribution in [0.1, 0.15) is 102 Å². The summed E-state index contributed by atoms with van der Waals surface area (Å²) in [5.74, 6) is 0.413. The number of amides is 1. The Labute approximate surface area is 264 Å². The number of carbonyl (C=O) groups excluding carboxylic acids is 2. The van der Waals surface area contributed by atoms with Crippen LogP contribution in [0.4, 0.5) is 0 Å². The van der Waals surface area contributed by atoms with Crippen LogP contribution < -0.4 is 9.46 Å². The number of hydrogen-bond donors (Lipinski definition) is 1. The number of aryl methyl sites for hydroxylation is 2. The Hall–Kier alpha value is -4.18. The summed E-state index contributed by atoms with van der Waals surface area (Å²) in [6, 6.07) is 11.6. The van der Waals surface area contributed by atoms with Gasteiger partial charge in [0.2, 0.25) is 10.0 Å². The SMILES string of the molecule is CCn1nc(C)c(C=O)c1C1=Cc2cc(OC)ccc2-c2c(C3CCCCC3)c3ccc(C(=O)NS(=O)(=O)C(C)C)cc3n2C1. The first kappa shape index (κ1) is 30.8. The lowest BCUT2D eigenvalue weighted by molar-refractivity contribution is 0.0980. The minimum absolute atomic E-state index is 0.273. The highest BCUT2D eigenvalue weighted by Crippen LogP contribution is 2.48. The summed E-state index contributed by atoms with van der Waals surface area (Å²) in [6.07, 6.45) is 8.67. The molecular formula is C35H40N4O5S. The molecule has 1 aliphatic heterocycles. The molecule has 0 saturated heterocycles. The minimum Gasteiger partial charge on any atom is -0.497 e. The van der Waals surface area contributed by atoms with Crippen molar-refractivity contribution in [3.8, 4) is 17.0 Å². The Kier molecular flexibility index (Phi) is 8.20. The lowest BCUT2D eigenvalue weighted by Gasteiger charge is -2.24. The molecule has 1 N–H and O–H groups in total. The van der Waals surface area contributed by atoms with E-state index >= 15 is 0 Å². The van der Waals surface area contributed by atoms with Crippen molar-refractivity contribution in [2.45, 2.75) is 84.1 Å². The second-order valence-electron chi connectivity index (χ2n) is 12.3. The number of nitrogens with one attached hydrogen (secondary N) is 1. The molecule has 236 valence electrons. The van der Waals surface area contributed by atoms with Gasteiger partial charge in [0.25, 0.3) is 5.91 Å². The summed E-state index contributed by atoms with van der Waals surface area (Å²) >= 11 is 0. The highest BCUT2D eigenvalue weighted by molar-refractivity contribution is 7.90. The molecule has 0 spiro atoms. The van der Waals surface area contributed by atoms with Crippen LogP contribution in [-0.4, -0.2) is 47.3 Å². The maximum atomic E-state index is 13.3. The number of allylic oxidation sites excluding steroid dienone is 1. The van der Waals surface area contributed by atoms with Gasteiger partial charge in [-0.15, -0.1) is 0 Å². The van der Waals surface area contributed by atoms with Crippen LogP contribution >= 0.6 is 0 Å². The van der Waals surface area contributed by atoms with E-state index in [1.54, 1.807) is 27.0 Å². The van der Waals surface area contributed by atoms with Gasteiger partial charge in [-0.25, -0.2) is 13.1 Å². The number of benzene rings is 2. The van der Waals surface area contributed by atoms with Crippen LogP contribution in [0.15, 0.2) is 36.4 Å². The van der Waals surface area contributed by atoms with E-state index in [4.69, 9.17) is 4.74 Å². The average Bonchev–Trinajstić information content (AvgIpc) is 3.47. The molecule has 9 nitrogen and oxygen atoms in total. The maximum Gasteiger partial charge on any atom is 0.264 e. The monoisotopic (exact) mass is 628 g/mol. The van der Waals surface area contributed by atoms with Gasteiger partial charge in [-0.3, -0.25) is 14.3 Å². The van der Waals surface area contributed by atoms with Gasteiger partial charge in [0, 0.05) is 28.6 Å². The number of sulfonamides is 1. The molecule has 0 unspecified atom stereocenters. The molecule has 1 amide bonds. The van der Waals surface area contributed by atoms with Crippen LogP contribution in [0.3, 0.4) is 0 Å². The number of aromatic nitrogens is 3. The third kappa shape index (κ3) is 5.39. The van der Waals surface area contributed by atoms with Crippen molar-refractivity contribution in [2.24, 2.45) is 0 Å². The van der Waals surface area contributed by atoms with E-state index < -0.39 is 21.2 Å². The summed E-state index contributed by atoms with van der Waals surface area (Å²) in [4.78, 5) is 25.7. The molecule has 4 aromatic rings. The summed E-state index contributed by atoms with van der Waals surface area (Å²) in [5.41, 5.74) is 8.38. The molecular weight excluding hydrogens is 588 g/mol. The molecule has 0 radical (unpaired) electrons. The van der Waals surface area contributed by atoms with Crippen LogP contribution in [0.25, 0.3) is 33.8 Å². The molecule has 3 heterocycles. The first-order valence-corrected chi connectivity index (χ1v) is 17.3. The van der Waals surface area contributed by atoms with Crippen molar-refractivity contribution in [1.29, 1.82) is 0 Å². The highest BCUT2D eigenvalue weighted by atomic mass is 32.2. The Balaban J connectivity index is 1.65. The molecule has 1 fully saturated rings. The predicted molar refractivity (Wildman–Crippen MR) is 177 cm³/mol. The topological polar surface area (TPSA) is 112 Å². The molecule has 2 aliphatic rings. The van der Waals surface area contributed by atoms with Gasteiger partial charge < -0.3 is 9.30 Å². The number of ether oxygens (including phenoxy) is 1. The number of methoxy groups -OCH3 is 1. The summed E-state index contributed by atoms with van der Waals surface area (Å²) in [5, 5.41) is 4.99. The van der Waals surface area contributed by atoms with E-state index in [2.05, 4.69) is 26.5 Å². The first-order valence-electron chi connectivity index (χ1n) is 15.7. The maximum absolute atomic E-state index is 13.3. The zero-order chi connectivity index (χ0) is 32.0. The molecule has 45 heavy (non-hydrogen) atoms. The van der Waals surface area contributed by atoms with E-state index in [-0.39, 0.29) is 5.56 Å². The fourth-order valence-corrected chi connectivity index (χ4v) is 7.55. The summed E-state index contributed by atoms with van der Waals surface area (Å²) < 4.78 is 37.2. The average molecular weight is 629 g/mol. The zero-order valence-corrected chi connectivity index (χ0v) is 27.3. The fraction of sp³-hybridized carbons (Fsp3) is 0.400. The second-order valence-corrected chi connectivity index (χ2v) is 14.6. The van der Waals surface area contributed by atoms with Gasteiger partial charge in [-0.05, 0) is 99.6 Å². The molecule has 6 rings (SSSR count). The van der Waals surface area contributed by atoms with E-state index in [1.165, 1.54) is 12.0 Å². The Morgan fingerprint density at radius 1 is 1.11 bits per heavy atom. The quantitative estimate of drug-likeness (QED) is 0.217. The van der Waals surface area contributed by atoms with Crippen molar-refractivity contribution in [3.63, 3.8) is 0 Å². The smallest absolute Gasteiger partial charge is 0.264 e. The van der Waals surface area contributed by atoms with E-state index in [0.717, 1.165) is 76.7 Å². The van der Waals surface area contributed by atoms with Crippen LogP contribution in [-0.2, 0) is 23.1 Å². The van der Waals surface area contributed by atoms with E-state index in [9.17, 15) is 18.0 Å². The van der Waals surface area contributed by atoms with Crippen LogP contribution in [0.5, 0.6) is 5.75 Å². The standard InChI is InChI=1S/C35H40N4O5S/c1-6-39-33(30(20-40)22(4)36-39)26-16-25-17-27(44-5)13-15-28(25)34-32(23-10-8-7-9-11-23)29-14-12-24(18-31(29)38(34)19-26)35(41)37-45(42,43)21(2)3/h12-18,20-21,23H,6-11,19H2,1-5H3,(H,37,41). The number of carbonyl (C=O) groups is 2. The van der Waals surface area contributed by atoms with Gasteiger partial charge in [-0.2, -0.15) is 5.10 Å². The zero-order valence-electron chi connectivity index (χ0n) is 26.5. The second kappa shape index (κ2) is 12.0. The Bertz CT molecular complexity index is 1960. The lowest BCUT2D eigenvalue weighted by atomic mass is 9.81. The summed E-state index contributed by atoms with van der Waals surface area (Å²) in [7, 11) is -2.16. The minimum atomic E-state index is -3.81. The Morgan fingerprint density at radius 2 is 1.87 bits per heavy atom. The van der Waals surface area contributed by atoms with Crippen molar-refractivity contribution in [2.75, 3.05) is 7.11 Å². The van der Waals surface area contributed by atoms with Gasteiger partial charge in [0.15, 0.2) is 6.29 Å². The molecule has 2 aromatic heterocycles. The number of fused-ring (bicyclic) bond motifs is 5. The number of aldehydes is 1. The fourth-order valence-electron chi connectivity index (χ4n) is 6.94. The largest absolute Gasteiger partial charge is 0.497 e. The molecule has 2 aromatic carbocycles. The van der Waals surface area contributed by atoms with Gasteiger partial charge in [0.1, 0.15) is 5.75 Å². The third-order valence-electron chi connectivity index (χ3n) is 9.30. The number of rotatable bonds is 8. The molecule has 1 saturated carbocycles. The van der Waals surface area contributed by atoms with Crippen molar-refractivity contribution in [1.82, 2.24) is 19.1 Å². The highest BCUT2D eigenvalue weighted by Gasteiger charge is 2.31. The van der Waals surface area contributed by atoms with Gasteiger partial charge in [0.05, 0.1) is 41.5 Å². The molecule has 0 atom stereocenters. The third-order valence-corrected chi connectivity index (χ3v) is 11.0. The predicted octanol–water partition coefficient (Wildman–Crippen LogP) is 6.72. The van der Waals surface area contributed by atoms with E-state index in [1.807, 2.05) is 42.8 Å². The lowest BCUT2D eigenvalue weighted by Crippen LogP contribution is -2.35. The molecule has 0 bridgehead atoms. The summed E-state index contributed by atoms with van der Waals surface area (Å²) in [6.45, 7) is 7.95. The molecule has 10 heteroatoms. The number of nitrogens with zero attached hydrogens (tertiary/aromatic N) is 3. The van der Waals surface area contributed by atoms with E-state index in [0.29, 0.717) is 30.3 Å².